The first-order valence-electron chi connectivity index (χ1n) is 15.5. The van der Waals surface area contributed by atoms with E-state index in [2.05, 4.69) is 17.1 Å². The van der Waals surface area contributed by atoms with Crippen molar-refractivity contribution in [3.63, 3.8) is 0 Å². The van der Waals surface area contributed by atoms with Gasteiger partial charge in [-0.05, 0) is 79.5 Å². The summed E-state index contributed by atoms with van der Waals surface area (Å²) in [6.45, 7) is 3.68. The molecule has 0 radical (unpaired) electrons. The molecule has 218 valence electrons. The van der Waals surface area contributed by atoms with Crippen LogP contribution in [0.3, 0.4) is 0 Å². The smallest absolute Gasteiger partial charge is 0.289 e. The van der Waals surface area contributed by atoms with E-state index in [1.807, 2.05) is 17.0 Å². The highest BCUT2D eigenvalue weighted by Crippen LogP contribution is 2.70. The van der Waals surface area contributed by atoms with Gasteiger partial charge in [-0.15, -0.1) is 0 Å². The fourth-order valence-electron chi connectivity index (χ4n) is 8.65. The Morgan fingerprint density at radius 1 is 0.929 bits per heavy atom. The topological polar surface area (TPSA) is 94.4 Å². The number of furan rings is 1. The standard InChI is InChI=1S/C33H36N4O5/c38-29(34-13-15-35(16-14-34)31(40)27-7-3-17-42-27)21-4-2-12-36(19-21)26-6-1-5-24-28(26)32(41)37(30(24)39)20-22-18-23-8-9-25(22)33(23)10-11-33/h1,3,5-9,17,21-23,25H,2,4,10-16,18-20H2/t21-,22-,23+,25+/m0/s1. The van der Waals surface area contributed by atoms with Crippen molar-refractivity contribution in [3.8, 4) is 0 Å². The number of carbonyl (C=O) groups is 4. The summed E-state index contributed by atoms with van der Waals surface area (Å²) >= 11 is 0. The lowest BCUT2D eigenvalue weighted by Gasteiger charge is -2.39. The first-order valence-corrected chi connectivity index (χ1v) is 15.5. The van der Waals surface area contributed by atoms with Crippen molar-refractivity contribution in [3.05, 3.63) is 65.6 Å². The number of benzene rings is 1. The quantitative estimate of drug-likeness (QED) is 0.404. The summed E-state index contributed by atoms with van der Waals surface area (Å²) < 4.78 is 5.25. The summed E-state index contributed by atoms with van der Waals surface area (Å²) in [4.78, 5) is 60.8. The Morgan fingerprint density at radius 3 is 2.48 bits per heavy atom. The van der Waals surface area contributed by atoms with Gasteiger partial charge in [0.2, 0.25) is 5.91 Å². The molecule has 1 aromatic heterocycles. The van der Waals surface area contributed by atoms with Crippen molar-refractivity contribution >= 4 is 29.3 Å². The molecule has 1 aromatic carbocycles. The minimum absolute atomic E-state index is 0.0970. The van der Waals surface area contributed by atoms with Crippen LogP contribution < -0.4 is 4.90 Å². The minimum Gasteiger partial charge on any atom is -0.459 e. The van der Waals surface area contributed by atoms with E-state index >= 15 is 0 Å². The van der Waals surface area contributed by atoms with Gasteiger partial charge in [0.25, 0.3) is 17.7 Å². The highest BCUT2D eigenvalue weighted by molar-refractivity contribution is 6.23. The van der Waals surface area contributed by atoms with E-state index < -0.39 is 0 Å². The van der Waals surface area contributed by atoms with E-state index in [9.17, 15) is 19.2 Å². The van der Waals surface area contributed by atoms with Crippen molar-refractivity contribution in [1.29, 1.82) is 0 Å². The number of allylic oxidation sites excluding steroid dienone is 2. The van der Waals surface area contributed by atoms with Crippen LogP contribution in [0.2, 0.25) is 0 Å². The number of anilines is 1. The first-order chi connectivity index (χ1) is 20.4. The van der Waals surface area contributed by atoms with Gasteiger partial charge in [0.05, 0.1) is 29.0 Å². The Balaban J connectivity index is 0.943. The van der Waals surface area contributed by atoms with Crippen LogP contribution in [-0.2, 0) is 4.79 Å². The summed E-state index contributed by atoms with van der Waals surface area (Å²) in [5, 5.41) is 0. The molecular formula is C33H36N4O5. The SMILES string of the molecule is O=C(c1ccco1)N1CCN(C(=O)[C@H]2CCCN(c3cccc4c3C(=O)N(C[C@@H]3C[C@H]5C=C[C@H]3C53CC3)C4=O)C2)CC1. The largest absolute Gasteiger partial charge is 0.459 e. The summed E-state index contributed by atoms with van der Waals surface area (Å²) in [6, 6.07) is 8.93. The molecule has 2 bridgehead atoms. The number of piperazine rings is 1. The molecule has 2 saturated heterocycles. The molecule has 3 aliphatic heterocycles. The van der Waals surface area contributed by atoms with E-state index in [0.29, 0.717) is 79.3 Å². The van der Waals surface area contributed by atoms with Crippen LogP contribution in [0.5, 0.6) is 0 Å². The number of nitrogens with zero attached hydrogens (tertiary/aromatic N) is 4. The van der Waals surface area contributed by atoms with Gasteiger partial charge in [-0.2, -0.15) is 0 Å². The predicted molar refractivity (Wildman–Crippen MR) is 154 cm³/mol. The second-order valence-electron chi connectivity index (χ2n) is 13.0. The third-order valence-corrected chi connectivity index (χ3v) is 11.0. The maximum Gasteiger partial charge on any atom is 0.289 e. The second-order valence-corrected chi connectivity index (χ2v) is 13.0. The lowest BCUT2D eigenvalue weighted by Crippen LogP contribution is -2.53. The second kappa shape index (κ2) is 9.57. The number of carbonyl (C=O) groups excluding carboxylic acids is 4. The third-order valence-electron chi connectivity index (χ3n) is 11.0. The third kappa shape index (κ3) is 3.88. The molecule has 4 heterocycles. The molecule has 2 saturated carbocycles. The normalized spacial score (nSPS) is 29.1. The number of imide groups is 1. The van der Waals surface area contributed by atoms with Gasteiger partial charge in [-0.25, -0.2) is 0 Å². The van der Waals surface area contributed by atoms with Crippen molar-refractivity contribution in [2.45, 2.75) is 32.1 Å². The summed E-state index contributed by atoms with van der Waals surface area (Å²) in [6.07, 6.45) is 11.4. The van der Waals surface area contributed by atoms with E-state index in [1.54, 1.807) is 23.1 Å². The zero-order chi connectivity index (χ0) is 28.6. The van der Waals surface area contributed by atoms with Crippen molar-refractivity contribution in [2.24, 2.45) is 29.1 Å². The Morgan fingerprint density at radius 2 is 1.74 bits per heavy atom. The fourth-order valence-corrected chi connectivity index (χ4v) is 8.65. The summed E-state index contributed by atoms with van der Waals surface area (Å²) in [5.74, 6) is 1.16. The molecule has 3 aliphatic carbocycles. The van der Waals surface area contributed by atoms with Crippen LogP contribution in [0, 0.1) is 29.1 Å². The van der Waals surface area contributed by atoms with Crippen LogP contribution in [0.15, 0.2) is 53.2 Å². The van der Waals surface area contributed by atoms with E-state index in [0.717, 1.165) is 31.5 Å². The molecule has 4 amide bonds. The van der Waals surface area contributed by atoms with E-state index in [-0.39, 0.29) is 29.5 Å². The van der Waals surface area contributed by atoms with Gasteiger partial charge >= 0.3 is 0 Å². The first kappa shape index (κ1) is 25.8. The molecule has 42 heavy (non-hydrogen) atoms. The molecule has 9 nitrogen and oxygen atoms in total. The van der Waals surface area contributed by atoms with Crippen molar-refractivity contribution in [1.82, 2.24) is 14.7 Å². The monoisotopic (exact) mass is 568 g/mol. The molecule has 8 rings (SSSR count). The zero-order valence-electron chi connectivity index (χ0n) is 23.7. The van der Waals surface area contributed by atoms with Gasteiger partial charge in [-0.1, -0.05) is 18.2 Å². The molecule has 0 unspecified atom stereocenters. The van der Waals surface area contributed by atoms with Gasteiger partial charge in [0, 0.05) is 45.8 Å². The van der Waals surface area contributed by atoms with Crippen molar-refractivity contribution in [2.75, 3.05) is 50.7 Å². The number of piperidine rings is 1. The lowest BCUT2D eigenvalue weighted by molar-refractivity contribution is -0.137. The van der Waals surface area contributed by atoms with Crippen LogP contribution in [0.25, 0.3) is 0 Å². The van der Waals surface area contributed by atoms with Crippen LogP contribution in [0.1, 0.15) is 63.4 Å². The summed E-state index contributed by atoms with van der Waals surface area (Å²) in [5.41, 5.74) is 2.18. The zero-order valence-corrected chi connectivity index (χ0v) is 23.7. The molecule has 0 N–H and O–H groups in total. The van der Waals surface area contributed by atoms with Gasteiger partial charge in [0.15, 0.2) is 5.76 Å². The van der Waals surface area contributed by atoms with E-state index in [1.165, 1.54) is 24.0 Å². The number of amides is 4. The fraction of sp³-hybridized carbons (Fsp3) is 0.515. The van der Waals surface area contributed by atoms with Gasteiger partial charge in [0.1, 0.15) is 0 Å². The van der Waals surface area contributed by atoms with Crippen LogP contribution in [-0.4, -0.2) is 84.1 Å². The molecule has 4 atom stereocenters. The van der Waals surface area contributed by atoms with E-state index in [4.69, 9.17) is 4.42 Å². The molecule has 9 heteroatoms. The highest BCUT2D eigenvalue weighted by atomic mass is 16.3. The maximum absolute atomic E-state index is 13.8. The number of rotatable bonds is 5. The Labute approximate surface area is 245 Å². The molecule has 4 fully saturated rings. The van der Waals surface area contributed by atoms with Gasteiger partial charge < -0.3 is 19.1 Å². The average molecular weight is 569 g/mol. The number of hydrogen-bond acceptors (Lipinski definition) is 6. The molecule has 2 aromatic rings. The van der Waals surface area contributed by atoms with Crippen molar-refractivity contribution < 1.29 is 23.6 Å². The van der Waals surface area contributed by atoms with Crippen LogP contribution >= 0.6 is 0 Å². The van der Waals surface area contributed by atoms with Gasteiger partial charge in [-0.3, -0.25) is 24.1 Å². The minimum atomic E-state index is -0.194. The average Bonchev–Trinajstić information content (AvgIpc) is 3.26. The maximum atomic E-state index is 13.8. The Hall–Kier alpha value is -3.88. The van der Waals surface area contributed by atoms with Crippen LogP contribution in [0.4, 0.5) is 5.69 Å². The Kier molecular flexibility index (Phi) is 5.88. The molecule has 1 spiro atoms. The highest BCUT2D eigenvalue weighted by Gasteiger charge is 2.63. The Bertz CT molecular complexity index is 1490. The number of fused-ring (bicyclic) bond motifs is 1. The summed E-state index contributed by atoms with van der Waals surface area (Å²) in [7, 11) is 0. The molecule has 6 aliphatic rings. The molecular weight excluding hydrogens is 532 g/mol. The predicted octanol–water partition coefficient (Wildman–Crippen LogP) is 3.68. The lowest BCUT2D eigenvalue weighted by atomic mass is 9.88. The number of hydrogen-bond donors (Lipinski definition) is 0.